The lowest BCUT2D eigenvalue weighted by Crippen LogP contribution is -2.20. The number of carbonyl (C=O) groups excluding carboxylic acids is 1. The highest BCUT2D eigenvalue weighted by Gasteiger charge is 2.22. The van der Waals surface area contributed by atoms with Gasteiger partial charge in [-0.25, -0.2) is 0 Å². The van der Waals surface area contributed by atoms with Crippen LogP contribution >= 0.6 is 0 Å². The lowest BCUT2D eigenvalue weighted by atomic mass is 9.88. The van der Waals surface area contributed by atoms with Gasteiger partial charge < -0.3 is 13.9 Å². The number of esters is 1. The number of carbonyl (C=O) groups is 1. The maximum absolute atomic E-state index is 10.9. The van der Waals surface area contributed by atoms with Gasteiger partial charge in [-0.15, -0.1) is 0 Å². The smallest absolute Gasteiger partial charge is 0.302 e. The average molecular weight is 273 g/mol. The number of aromatic nitrogens is 1. The van der Waals surface area contributed by atoms with Gasteiger partial charge in [0.15, 0.2) is 0 Å². The van der Waals surface area contributed by atoms with Crippen LogP contribution in [0.15, 0.2) is 24.4 Å². The fourth-order valence-corrected chi connectivity index (χ4v) is 2.99. The number of hydrogen-bond donors (Lipinski definition) is 0. The minimum atomic E-state index is -0.192. The van der Waals surface area contributed by atoms with Crippen LogP contribution in [0.4, 0.5) is 0 Å². The van der Waals surface area contributed by atoms with E-state index in [9.17, 15) is 4.79 Å². The third-order valence-corrected chi connectivity index (χ3v) is 4.00. The van der Waals surface area contributed by atoms with Crippen molar-refractivity contribution in [3.8, 4) is 5.75 Å². The van der Waals surface area contributed by atoms with E-state index in [1.807, 2.05) is 6.07 Å². The molecule has 0 fully saturated rings. The molecule has 2 aromatic rings. The third kappa shape index (κ3) is 2.38. The van der Waals surface area contributed by atoms with Crippen molar-refractivity contribution in [2.45, 2.75) is 26.2 Å². The summed E-state index contributed by atoms with van der Waals surface area (Å²) in [6.45, 7) is 2.00. The van der Waals surface area contributed by atoms with E-state index in [-0.39, 0.29) is 5.97 Å². The molecule has 4 nitrogen and oxygen atoms in total. The van der Waals surface area contributed by atoms with E-state index in [0.717, 1.165) is 25.0 Å². The molecule has 3 rings (SSSR count). The van der Waals surface area contributed by atoms with Gasteiger partial charge in [-0.05, 0) is 42.9 Å². The van der Waals surface area contributed by atoms with E-state index >= 15 is 0 Å². The summed E-state index contributed by atoms with van der Waals surface area (Å²) in [5.74, 6) is 1.12. The predicted molar refractivity (Wildman–Crippen MR) is 76.1 cm³/mol. The Morgan fingerprint density at radius 3 is 3.05 bits per heavy atom. The minimum Gasteiger partial charge on any atom is -0.497 e. The van der Waals surface area contributed by atoms with Crippen LogP contribution in [0.25, 0.3) is 5.52 Å². The predicted octanol–water partition coefficient (Wildman–Crippen LogP) is 2.62. The largest absolute Gasteiger partial charge is 0.497 e. The van der Waals surface area contributed by atoms with Gasteiger partial charge in [0.1, 0.15) is 5.75 Å². The van der Waals surface area contributed by atoms with Crippen LogP contribution in [0.3, 0.4) is 0 Å². The van der Waals surface area contributed by atoms with Crippen LogP contribution < -0.4 is 4.74 Å². The Balaban J connectivity index is 1.84. The molecule has 0 N–H and O–H groups in total. The summed E-state index contributed by atoms with van der Waals surface area (Å²) in [6.07, 6.45) is 5.15. The van der Waals surface area contributed by atoms with Crippen molar-refractivity contribution in [1.82, 2.24) is 4.40 Å². The van der Waals surface area contributed by atoms with Crippen LogP contribution in [0, 0.1) is 5.92 Å². The topological polar surface area (TPSA) is 39.9 Å². The summed E-state index contributed by atoms with van der Waals surface area (Å²) in [6, 6.07) is 6.26. The molecule has 0 saturated heterocycles. The fraction of sp³-hybridized carbons (Fsp3) is 0.438. The molecule has 20 heavy (non-hydrogen) atoms. The standard InChI is InChI=1S/C16H19NO3/c1-11(18)20-10-12-3-4-16-13(7-12)8-14-9-15(19-2)5-6-17(14)16/h5-6,8-9,12H,3-4,7,10H2,1-2H3. The quantitative estimate of drug-likeness (QED) is 0.807. The highest BCUT2D eigenvalue weighted by molar-refractivity contribution is 5.65. The molecule has 0 radical (unpaired) electrons. The molecular formula is C16H19NO3. The van der Waals surface area contributed by atoms with Crippen molar-refractivity contribution in [2.75, 3.05) is 13.7 Å². The zero-order chi connectivity index (χ0) is 14.1. The zero-order valence-corrected chi connectivity index (χ0v) is 11.9. The van der Waals surface area contributed by atoms with E-state index in [1.54, 1.807) is 7.11 Å². The van der Waals surface area contributed by atoms with Gasteiger partial charge in [-0.3, -0.25) is 4.79 Å². The average Bonchev–Trinajstić information content (AvgIpc) is 2.81. The van der Waals surface area contributed by atoms with Crippen molar-refractivity contribution < 1.29 is 14.3 Å². The molecule has 0 bridgehead atoms. The van der Waals surface area contributed by atoms with Gasteiger partial charge >= 0.3 is 5.97 Å². The molecule has 1 aliphatic carbocycles. The van der Waals surface area contributed by atoms with Crippen molar-refractivity contribution >= 4 is 11.5 Å². The number of pyridine rings is 1. The molecule has 0 spiro atoms. The van der Waals surface area contributed by atoms with Gasteiger partial charge in [0, 0.05) is 30.4 Å². The molecular weight excluding hydrogens is 254 g/mol. The molecule has 1 atom stereocenters. The molecule has 106 valence electrons. The molecule has 2 heterocycles. The molecule has 0 amide bonds. The normalized spacial score (nSPS) is 17.8. The maximum atomic E-state index is 10.9. The monoisotopic (exact) mass is 273 g/mol. The van der Waals surface area contributed by atoms with Crippen LogP contribution in [0.5, 0.6) is 5.75 Å². The molecule has 4 heteroatoms. The van der Waals surface area contributed by atoms with Crippen molar-refractivity contribution in [2.24, 2.45) is 5.92 Å². The highest BCUT2D eigenvalue weighted by Crippen LogP contribution is 2.30. The number of fused-ring (bicyclic) bond motifs is 3. The molecule has 0 aliphatic heterocycles. The number of hydrogen-bond acceptors (Lipinski definition) is 3. The number of methoxy groups -OCH3 is 1. The van der Waals surface area contributed by atoms with Crippen LogP contribution in [-0.4, -0.2) is 24.1 Å². The molecule has 2 aromatic heterocycles. The lowest BCUT2D eigenvalue weighted by Gasteiger charge is -2.22. The lowest BCUT2D eigenvalue weighted by molar-refractivity contribution is -0.142. The number of rotatable bonds is 3. The highest BCUT2D eigenvalue weighted by atomic mass is 16.5. The number of nitrogens with zero attached hydrogens (tertiary/aromatic N) is 1. The molecule has 1 unspecified atom stereocenters. The Morgan fingerprint density at radius 1 is 1.45 bits per heavy atom. The summed E-state index contributed by atoms with van der Waals surface area (Å²) >= 11 is 0. The second kappa shape index (κ2) is 5.19. The molecule has 0 aromatic carbocycles. The Hall–Kier alpha value is -1.97. The SMILES string of the molecule is COc1ccn2c3c(cc2c1)CC(COC(C)=O)CC3. The van der Waals surface area contributed by atoms with Crippen LogP contribution in [-0.2, 0) is 22.4 Å². The van der Waals surface area contributed by atoms with Gasteiger partial charge in [0.05, 0.1) is 13.7 Å². The zero-order valence-electron chi connectivity index (χ0n) is 11.9. The Kier molecular flexibility index (Phi) is 3.38. The van der Waals surface area contributed by atoms with Gasteiger partial charge in [-0.1, -0.05) is 0 Å². The second-order valence-corrected chi connectivity index (χ2v) is 5.39. The van der Waals surface area contributed by atoms with Crippen molar-refractivity contribution in [3.05, 3.63) is 35.7 Å². The first-order chi connectivity index (χ1) is 9.67. The first kappa shape index (κ1) is 13.0. The summed E-state index contributed by atoms with van der Waals surface area (Å²) in [5.41, 5.74) is 3.91. The van der Waals surface area contributed by atoms with Crippen molar-refractivity contribution in [1.29, 1.82) is 0 Å². The number of ether oxygens (including phenoxy) is 2. The second-order valence-electron chi connectivity index (χ2n) is 5.39. The Morgan fingerprint density at radius 2 is 2.30 bits per heavy atom. The number of aryl methyl sites for hydroxylation is 1. The van der Waals surface area contributed by atoms with E-state index < -0.39 is 0 Å². The van der Waals surface area contributed by atoms with Gasteiger partial charge in [0.2, 0.25) is 0 Å². The van der Waals surface area contributed by atoms with Gasteiger partial charge in [-0.2, -0.15) is 0 Å². The summed E-state index contributed by atoms with van der Waals surface area (Å²) < 4.78 is 12.6. The third-order valence-electron chi connectivity index (χ3n) is 4.00. The van der Waals surface area contributed by atoms with Crippen LogP contribution in [0.1, 0.15) is 24.6 Å². The van der Waals surface area contributed by atoms with E-state index in [1.165, 1.54) is 23.7 Å². The van der Waals surface area contributed by atoms with Crippen molar-refractivity contribution in [3.63, 3.8) is 0 Å². The summed E-state index contributed by atoms with van der Waals surface area (Å²) in [4.78, 5) is 10.9. The van der Waals surface area contributed by atoms with E-state index in [2.05, 4.69) is 22.7 Å². The molecule has 1 aliphatic rings. The minimum absolute atomic E-state index is 0.192. The summed E-state index contributed by atoms with van der Waals surface area (Å²) in [5, 5.41) is 0. The van der Waals surface area contributed by atoms with E-state index in [0.29, 0.717) is 12.5 Å². The van der Waals surface area contributed by atoms with E-state index in [4.69, 9.17) is 9.47 Å². The molecule has 0 saturated carbocycles. The summed E-state index contributed by atoms with van der Waals surface area (Å²) in [7, 11) is 1.68. The fourth-order valence-electron chi connectivity index (χ4n) is 2.99. The first-order valence-corrected chi connectivity index (χ1v) is 6.97. The van der Waals surface area contributed by atoms with Crippen LogP contribution in [0.2, 0.25) is 0 Å². The maximum Gasteiger partial charge on any atom is 0.302 e. The first-order valence-electron chi connectivity index (χ1n) is 6.97. The Bertz CT molecular complexity index is 644. The van der Waals surface area contributed by atoms with Gasteiger partial charge in [0.25, 0.3) is 0 Å². The Labute approximate surface area is 118 Å².